The van der Waals surface area contributed by atoms with Crippen molar-refractivity contribution in [1.82, 2.24) is 9.55 Å². The third kappa shape index (κ3) is 4.37. The molecule has 0 atom stereocenters. The van der Waals surface area contributed by atoms with Crippen molar-refractivity contribution < 1.29 is 14.3 Å². The average molecular weight is 463 g/mol. The highest BCUT2D eigenvalue weighted by Crippen LogP contribution is 2.29. The van der Waals surface area contributed by atoms with Gasteiger partial charge < -0.3 is 9.47 Å². The Morgan fingerprint density at radius 3 is 2.76 bits per heavy atom. The fourth-order valence-corrected chi connectivity index (χ4v) is 5.50. The van der Waals surface area contributed by atoms with Gasteiger partial charge in [0.05, 0.1) is 18.3 Å². The highest BCUT2D eigenvalue weighted by atomic mass is 32.1. The van der Waals surface area contributed by atoms with Crippen LogP contribution >= 0.6 is 11.3 Å². The van der Waals surface area contributed by atoms with E-state index >= 15 is 0 Å². The molecule has 7 heteroatoms. The summed E-state index contributed by atoms with van der Waals surface area (Å²) in [6, 6.07) is 14.0. The van der Waals surface area contributed by atoms with Crippen molar-refractivity contribution in [1.29, 1.82) is 0 Å². The quantitative estimate of drug-likeness (QED) is 0.355. The lowest BCUT2D eigenvalue weighted by atomic mass is 9.98. The topological polar surface area (TPSA) is 70.4 Å². The Hall–Kier alpha value is -3.19. The smallest absolute Gasteiger partial charge is 0.348 e. The second-order valence-corrected chi connectivity index (χ2v) is 9.47. The molecule has 2 aromatic heterocycles. The van der Waals surface area contributed by atoms with Crippen molar-refractivity contribution in [2.75, 3.05) is 6.61 Å². The Balaban J connectivity index is 1.33. The van der Waals surface area contributed by atoms with Crippen LogP contribution in [0.25, 0.3) is 21.0 Å². The third-order valence-electron chi connectivity index (χ3n) is 6.27. The first-order valence-electron chi connectivity index (χ1n) is 11.4. The van der Waals surface area contributed by atoms with Crippen LogP contribution in [-0.2, 0) is 11.3 Å². The number of aryl methyl sites for hydroxylation is 1. The van der Waals surface area contributed by atoms with Gasteiger partial charge in [0.2, 0.25) is 0 Å². The second-order valence-electron chi connectivity index (χ2n) is 8.47. The van der Waals surface area contributed by atoms with Crippen LogP contribution in [0.3, 0.4) is 0 Å². The fourth-order valence-electron chi connectivity index (χ4n) is 4.48. The van der Waals surface area contributed by atoms with Gasteiger partial charge in [0.1, 0.15) is 28.2 Å². The summed E-state index contributed by atoms with van der Waals surface area (Å²) in [4.78, 5) is 31.4. The molecule has 0 saturated heterocycles. The number of hydrogen-bond donors (Lipinski definition) is 0. The lowest BCUT2D eigenvalue weighted by molar-refractivity contribution is 0.0216. The molecule has 0 radical (unpaired) electrons. The number of fused-ring (bicyclic) bond motifs is 2. The zero-order valence-electron chi connectivity index (χ0n) is 18.6. The number of carbonyl (C=O) groups excluding carboxylic acids is 1. The first-order valence-corrected chi connectivity index (χ1v) is 12.2. The van der Waals surface area contributed by atoms with Crippen LogP contribution < -0.4 is 10.3 Å². The van der Waals surface area contributed by atoms with E-state index in [1.165, 1.54) is 24.1 Å². The van der Waals surface area contributed by atoms with E-state index in [2.05, 4.69) is 4.98 Å². The number of esters is 1. The number of nitrogens with zero attached hydrogens (tertiary/aromatic N) is 2. The Kier molecular flexibility index (Phi) is 6.13. The molecule has 0 N–H and O–H groups in total. The molecule has 0 aliphatic heterocycles. The van der Waals surface area contributed by atoms with Gasteiger partial charge in [-0.1, -0.05) is 42.8 Å². The Morgan fingerprint density at radius 2 is 1.91 bits per heavy atom. The minimum atomic E-state index is -0.340. The van der Waals surface area contributed by atoms with Crippen molar-refractivity contribution in [3.8, 4) is 5.75 Å². The summed E-state index contributed by atoms with van der Waals surface area (Å²) in [6.45, 7) is 2.50. The van der Waals surface area contributed by atoms with Crippen LogP contribution in [-0.4, -0.2) is 28.2 Å². The van der Waals surface area contributed by atoms with E-state index in [9.17, 15) is 9.59 Å². The predicted octanol–water partition coefficient (Wildman–Crippen LogP) is 5.49. The molecule has 0 bridgehead atoms. The molecule has 2 aromatic carbocycles. The van der Waals surface area contributed by atoms with Gasteiger partial charge in [0, 0.05) is 5.39 Å². The molecule has 1 aliphatic carbocycles. The number of benzene rings is 2. The summed E-state index contributed by atoms with van der Waals surface area (Å²) in [5.41, 5.74) is 0.490. The first-order chi connectivity index (χ1) is 16.1. The SMILES string of the molecule is Cc1c(C(=O)OC2CCCCC2)sc2ncn(CCOc3cccc4ccccc34)c(=O)c12. The molecule has 2 heterocycles. The highest BCUT2D eigenvalue weighted by Gasteiger charge is 2.24. The normalized spacial score (nSPS) is 14.6. The summed E-state index contributed by atoms with van der Waals surface area (Å²) < 4.78 is 13.3. The number of ether oxygens (including phenoxy) is 2. The van der Waals surface area contributed by atoms with Gasteiger partial charge in [-0.15, -0.1) is 11.3 Å². The van der Waals surface area contributed by atoms with Crippen molar-refractivity contribution >= 4 is 38.3 Å². The van der Waals surface area contributed by atoms with Gasteiger partial charge in [-0.05, 0) is 49.6 Å². The van der Waals surface area contributed by atoms with Gasteiger partial charge in [-0.25, -0.2) is 9.78 Å². The maximum Gasteiger partial charge on any atom is 0.348 e. The Morgan fingerprint density at radius 1 is 1.12 bits per heavy atom. The molecule has 1 fully saturated rings. The molecule has 33 heavy (non-hydrogen) atoms. The summed E-state index contributed by atoms with van der Waals surface area (Å²) in [5, 5.41) is 2.63. The Bertz CT molecular complexity index is 1360. The zero-order valence-corrected chi connectivity index (χ0v) is 19.4. The number of aromatic nitrogens is 2. The molecule has 6 nitrogen and oxygen atoms in total. The lowest BCUT2D eigenvalue weighted by Crippen LogP contribution is -2.23. The molecule has 1 saturated carbocycles. The fraction of sp³-hybridized carbons (Fsp3) is 0.346. The largest absolute Gasteiger partial charge is 0.491 e. The zero-order chi connectivity index (χ0) is 22.8. The minimum Gasteiger partial charge on any atom is -0.491 e. The summed E-state index contributed by atoms with van der Waals surface area (Å²) in [5.74, 6) is 0.447. The number of hydrogen-bond acceptors (Lipinski definition) is 6. The van der Waals surface area contributed by atoms with Crippen LogP contribution in [0.2, 0.25) is 0 Å². The summed E-state index contributed by atoms with van der Waals surface area (Å²) in [6.07, 6.45) is 6.72. The number of thiophene rings is 1. The molecule has 4 aromatic rings. The van der Waals surface area contributed by atoms with E-state index in [1.54, 1.807) is 11.5 Å². The van der Waals surface area contributed by atoms with E-state index in [4.69, 9.17) is 9.47 Å². The van der Waals surface area contributed by atoms with Gasteiger partial charge in [-0.3, -0.25) is 9.36 Å². The van der Waals surface area contributed by atoms with Crippen LogP contribution in [0.4, 0.5) is 0 Å². The third-order valence-corrected chi connectivity index (χ3v) is 7.45. The predicted molar refractivity (Wildman–Crippen MR) is 130 cm³/mol. The number of carbonyl (C=O) groups is 1. The van der Waals surface area contributed by atoms with Crippen molar-refractivity contribution in [2.24, 2.45) is 0 Å². The highest BCUT2D eigenvalue weighted by molar-refractivity contribution is 7.20. The molecule has 0 spiro atoms. The van der Waals surface area contributed by atoms with Crippen LogP contribution in [0, 0.1) is 6.92 Å². The molecular weight excluding hydrogens is 436 g/mol. The molecule has 170 valence electrons. The van der Waals surface area contributed by atoms with E-state index in [0.717, 1.165) is 42.2 Å². The molecule has 0 amide bonds. The maximum absolute atomic E-state index is 13.2. The van der Waals surface area contributed by atoms with Crippen molar-refractivity contribution in [3.63, 3.8) is 0 Å². The van der Waals surface area contributed by atoms with Gasteiger partial charge >= 0.3 is 5.97 Å². The molecule has 5 rings (SSSR count). The Labute approximate surface area is 195 Å². The molecular formula is C26H26N2O4S. The monoisotopic (exact) mass is 462 g/mol. The van der Waals surface area contributed by atoms with E-state index in [-0.39, 0.29) is 17.6 Å². The van der Waals surface area contributed by atoms with Gasteiger partial charge in [0.15, 0.2) is 0 Å². The van der Waals surface area contributed by atoms with E-state index < -0.39 is 0 Å². The summed E-state index contributed by atoms with van der Waals surface area (Å²) in [7, 11) is 0. The minimum absolute atomic E-state index is 0.0216. The first kappa shape index (κ1) is 21.6. The lowest BCUT2D eigenvalue weighted by Gasteiger charge is -2.21. The molecule has 0 unspecified atom stereocenters. The average Bonchev–Trinajstić information content (AvgIpc) is 3.18. The van der Waals surface area contributed by atoms with Gasteiger partial charge in [0.25, 0.3) is 5.56 Å². The standard InChI is InChI=1S/C26H26N2O4S/c1-17-22-24(33-23(17)26(30)32-19-10-3-2-4-11-19)27-16-28(25(22)29)14-15-31-21-13-7-9-18-8-5-6-12-20(18)21/h5-9,12-13,16,19H,2-4,10-11,14-15H2,1H3. The maximum atomic E-state index is 13.2. The summed E-state index contributed by atoms with van der Waals surface area (Å²) >= 11 is 1.24. The van der Waals surface area contributed by atoms with Crippen LogP contribution in [0.15, 0.2) is 53.6 Å². The van der Waals surface area contributed by atoms with Crippen molar-refractivity contribution in [2.45, 2.75) is 51.7 Å². The van der Waals surface area contributed by atoms with Crippen LogP contribution in [0.5, 0.6) is 5.75 Å². The van der Waals surface area contributed by atoms with E-state index in [0.29, 0.717) is 33.8 Å². The second kappa shape index (κ2) is 9.35. The van der Waals surface area contributed by atoms with E-state index in [1.807, 2.05) is 42.5 Å². The van der Waals surface area contributed by atoms with Gasteiger partial charge in [-0.2, -0.15) is 0 Å². The van der Waals surface area contributed by atoms with Crippen molar-refractivity contribution in [3.05, 3.63) is 69.6 Å². The number of rotatable bonds is 6. The molecule has 1 aliphatic rings. The van der Waals surface area contributed by atoms with Crippen LogP contribution in [0.1, 0.15) is 47.3 Å².